The van der Waals surface area contributed by atoms with E-state index in [9.17, 15) is 8.42 Å². The lowest BCUT2D eigenvalue weighted by atomic mass is 10.3. The Morgan fingerprint density at radius 2 is 2.27 bits per heavy atom. The Morgan fingerprint density at radius 1 is 1.53 bits per heavy atom. The maximum Gasteiger partial charge on any atom is 0.216 e. The maximum absolute atomic E-state index is 11.8. The molecule has 1 fully saturated rings. The quantitative estimate of drug-likeness (QED) is 0.692. The van der Waals surface area contributed by atoms with Crippen molar-refractivity contribution in [3.8, 4) is 0 Å². The van der Waals surface area contributed by atoms with Crippen LogP contribution < -0.4 is 5.73 Å². The van der Waals surface area contributed by atoms with Gasteiger partial charge in [0, 0.05) is 20.2 Å². The second-order valence-corrected chi connectivity index (χ2v) is 6.00. The largest absolute Gasteiger partial charge is 0.377 e. The smallest absolute Gasteiger partial charge is 0.216 e. The van der Waals surface area contributed by atoms with Crippen molar-refractivity contribution in [2.24, 2.45) is 5.73 Å². The molecule has 0 amide bonds. The fraction of sp³-hybridized carbons (Fsp3) is 1.00. The third-order valence-electron chi connectivity index (χ3n) is 2.57. The Hall–Kier alpha value is -0.170. The first-order chi connectivity index (χ1) is 7.06. The molecule has 1 saturated heterocycles. The fourth-order valence-electron chi connectivity index (χ4n) is 1.59. The van der Waals surface area contributed by atoms with Crippen LogP contribution in [0.1, 0.15) is 19.3 Å². The van der Waals surface area contributed by atoms with Gasteiger partial charge in [-0.1, -0.05) is 0 Å². The summed E-state index contributed by atoms with van der Waals surface area (Å²) in [6.45, 7) is 1.69. The van der Waals surface area contributed by atoms with Crippen molar-refractivity contribution in [3.05, 3.63) is 0 Å². The highest BCUT2D eigenvalue weighted by Crippen LogP contribution is 2.15. The van der Waals surface area contributed by atoms with Crippen molar-refractivity contribution in [1.29, 1.82) is 0 Å². The van der Waals surface area contributed by atoms with Gasteiger partial charge in [-0.2, -0.15) is 0 Å². The van der Waals surface area contributed by atoms with Crippen LogP contribution in [0.3, 0.4) is 0 Å². The lowest BCUT2D eigenvalue weighted by molar-refractivity contribution is 0.126. The number of nitrogens with two attached hydrogens (primary N) is 1. The van der Waals surface area contributed by atoms with Gasteiger partial charge >= 0.3 is 0 Å². The number of hydrogen-bond acceptors (Lipinski definition) is 4. The molecule has 90 valence electrons. The van der Waals surface area contributed by atoms with Crippen LogP contribution in [0.25, 0.3) is 0 Å². The van der Waals surface area contributed by atoms with Gasteiger partial charge < -0.3 is 10.5 Å². The SMILES string of the molecule is CN(CCCN)S(=O)(=O)CC1CCCO1. The minimum absolute atomic E-state index is 0.105. The molecule has 0 aromatic rings. The van der Waals surface area contributed by atoms with Crippen molar-refractivity contribution in [2.45, 2.75) is 25.4 Å². The van der Waals surface area contributed by atoms with Crippen molar-refractivity contribution in [2.75, 3.05) is 32.5 Å². The van der Waals surface area contributed by atoms with Gasteiger partial charge in [0.05, 0.1) is 11.9 Å². The van der Waals surface area contributed by atoms with Crippen LogP contribution in [0.2, 0.25) is 0 Å². The zero-order valence-electron chi connectivity index (χ0n) is 9.18. The molecule has 2 N–H and O–H groups in total. The molecule has 1 rings (SSSR count). The Kier molecular flexibility index (Phi) is 4.98. The van der Waals surface area contributed by atoms with Gasteiger partial charge in [-0.3, -0.25) is 0 Å². The lowest BCUT2D eigenvalue weighted by Crippen LogP contribution is -2.35. The maximum atomic E-state index is 11.8. The molecule has 1 unspecified atom stereocenters. The molecule has 0 bridgehead atoms. The van der Waals surface area contributed by atoms with Crippen LogP contribution in [-0.4, -0.2) is 51.3 Å². The molecule has 1 aliphatic heterocycles. The lowest BCUT2D eigenvalue weighted by Gasteiger charge is -2.18. The first-order valence-corrected chi connectivity index (χ1v) is 6.93. The summed E-state index contributed by atoms with van der Waals surface area (Å²) in [7, 11) is -1.57. The number of rotatable bonds is 6. The minimum Gasteiger partial charge on any atom is -0.377 e. The van der Waals surface area contributed by atoms with Gasteiger partial charge in [0.2, 0.25) is 10.0 Å². The van der Waals surface area contributed by atoms with Crippen LogP contribution in [-0.2, 0) is 14.8 Å². The Bertz CT molecular complexity index is 273. The predicted octanol–water partition coefficient (Wildman–Crippen LogP) is -0.224. The molecule has 15 heavy (non-hydrogen) atoms. The molecule has 0 spiro atoms. The second-order valence-electron chi connectivity index (χ2n) is 3.88. The molecule has 0 saturated carbocycles. The van der Waals surface area contributed by atoms with Gasteiger partial charge in [-0.05, 0) is 25.8 Å². The van der Waals surface area contributed by atoms with Gasteiger partial charge in [0.25, 0.3) is 0 Å². The van der Waals surface area contributed by atoms with Crippen LogP contribution in [0, 0.1) is 0 Å². The highest BCUT2D eigenvalue weighted by molar-refractivity contribution is 7.89. The molecule has 1 aliphatic rings. The van der Waals surface area contributed by atoms with E-state index in [1.54, 1.807) is 7.05 Å². The number of hydrogen-bond donors (Lipinski definition) is 1. The molecule has 0 aromatic heterocycles. The van der Waals surface area contributed by atoms with Gasteiger partial charge in [-0.25, -0.2) is 12.7 Å². The topological polar surface area (TPSA) is 72.6 Å². The first kappa shape index (κ1) is 12.9. The third-order valence-corrected chi connectivity index (χ3v) is 4.50. The predicted molar refractivity (Wildman–Crippen MR) is 59.1 cm³/mol. The Labute approximate surface area is 91.6 Å². The van der Waals surface area contributed by atoms with Gasteiger partial charge in [0.15, 0.2) is 0 Å². The molecule has 0 aliphatic carbocycles. The third kappa shape index (κ3) is 4.06. The number of nitrogens with zero attached hydrogens (tertiary/aromatic N) is 1. The van der Waals surface area contributed by atoms with Crippen LogP contribution in [0.15, 0.2) is 0 Å². The average Bonchev–Trinajstić information content (AvgIpc) is 2.65. The van der Waals surface area contributed by atoms with Gasteiger partial charge in [-0.15, -0.1) is 0 Å². The fourth-order valence-corrected chi connectivity index (χ4v) is 2.99. The zero-order valence-corrected chi connectivity index (χ0v) is 10.0. The van der Waals surface area contributed by atoms with Gasteiger partial charge in [0.1, 0.15) is 0 Å². The van der Waals surface area contributed by atoms with Crippen molar-refractivity contribution < 1.29 is 13.2 Å². The molecular formula is C9H20N2O3S. The zero-order chi connectivity index (χ0) is 11.3. The molecule has 1 atom stereocenters. The van der Waals surface area contributed by atoms with E-state index in [1.807, 2.05) is 0 Å². The van der Waals surface area contributed by atoms with E-state index in [0.29, 0.717) is 26.1 Å². The normalized spacial score (nSPS) is 22.5. The second kappa shape index (κ2) is 5.79. The molecule has 6 heteroatoms. The summed E-state index contributed by atoms with van der Waals surface area (Å²) in [6.07, 6.45) is 2.40. The highest BCUT2D eigenvalue weighted by atomic mass is 32.2. The molecule has 0 aromatic carbocycles. The number of sulfonamides is 1. The number of ether oxygens (including phenoxy) is 1. The summed E-state index contributed by atoms with van der Waals surface area (Å²) in [5, 5.41) is 0. The van der Waals surface area contributed by atoms with Crippen molar-refractivity contribution >= 4 is 10.0 Å². The first-order valence-electron chi connectivity index (χ1n) is 5.32. The monoisotopic (exact) mass is 236 g/mol. The van der Waals surface area contributed by atoms with E-state index in [4.69, 9.17) is 10.5 Å². The van der Waals surface area contributed by atoms with E-state index in [2.05, 4.69) is 0 Å². The molecule has 0 radical (unpaired) electrons. The summed E-state index contributed by atoms with van der Waals surface area (Å²) in [4.78, 5) is 0. The summed E-state index contributed by atoms with van der Waals surface area (Å²) in [6, 6.07) is 0. The van der Waals surface area contributed by atoms with Crippen molar-refractivity contribution in [1.82, 2.24) is 4.31 Å². The van der Waals surface area contributed by atoms with E-state index in [1.165, 1.54) is 4.31 Å². The average molecular weight is 236 g/mol. The van der Waals surface area contributed by atoms with E-state index < -0.39 is 10.0 Å². The standard InChI is InChI=1S/C9H20N2O3S/c1-11(6-3-5-10)15(12,13)8-9-4-2-7-14-9/h9H,2-8,10H2,1H3. The van der Waals surface area contributed by atoms with Crippen LogP contribution >= 0.6 is 0 Å². The summed E-state index contributed by atoms with van der Waals surface area (Å²) in [5.41, 5.74) is 5.34. The molecule has 1 heterocycles. The van der Waals surface area contributed by atoms with E-state index in [0.717, 1.165) is 12.8 Å². The van der Waals surface area contributed by atoms with E-state index in [-0.39, 0.29) is 11.9 Å². The van der Waals surface area contributed by atoms with Crippen LogP contribution in [0.5, 0.6) is 0 Å². The van der Waals surface area contributed by atoms with E-state index >= 15 is 0 Å². The molecule has 5 nitrogen and oxygen atoms in total. The highest BCUT2D eigenvalue weighted by Gasteiger charge is 2.26. The van der Waals surface area contributed by atoms with Crippen molar-refractivity contribution in [3.63, 3.8) is 0 Å². The van der Waals surface area contributed by atoms with Crippen LogP contribution in [0.4, 0.5) is 0 Å². The molecular weight excluding hydrogens is 216 g/mol. The minimum atomic E-state index is -3.16. The summed E-state index contributed by atoms with van der Waals surface area (Å²) in [5.74, 6) is 0.105. The summed E-state index contributed by atoms with van der Waals surface area (Å²) < 4.78 is 30.3. The Balaban J connectivity index is 2.42. The Morgan fingerprint density at radius 3 is 2.80 bits per heavy atom. The summed E-state index contributed by atoms with van der Waals surface area (Å²) >= 11 is 0.